The Morgan fingerprint density at radius 2 is 1.95 bits per heavy atom. The fraction of sp³-hybridized carbons (Fsp3) is 0.200. The van der Waals surface area contributed by atoms with Crippen molar-refractivity contribution in [3.05, 3.63) is 48.4 Å². The van der Waals surface area contributed by atoms with Crippen LogP contribution in [0.25, 0.3) is 0 Å². The van der Waals surface area contributed by atoms with Crippen molar-refractivity contribution in [1.82, 2.24) is 5.32 Å². The van der Waals surface area contributed by atoms with Crippen molar-refractivity contribution in [1.29, 1.82) is 0 Å². The second-order valence-corrected chi connectivity index (χ2v) is 4.98. The van der Waals surface area contributed by atoms with Gasteiger partial charge in [-0.05, 0) is 62.5 Å². The molecule has 2 rings (SSSR count). The van der Waals surface area contributed by atoms with Crippen molar-refractivity contribution in [3.8, 4) is 5.75 Å². The Labute approximate surface area is 128 Å². The van der Waals surface area contributed by atoms with E-state index in [1.165, 1.54) is 6.26 Å². The van der Waals surface area contributed by atoms with Gasteiger partial charge >= 0.3 is 0 Å². The van der Waals surface area contributed by atoms with E-state index in [9.17, 15) is 4.79 Å². The van der Waals surface area contributed by atoms with Crippen molar-refractivity contribution in [3.63, 3.8) is 0 Å². The molecule has 1 aromatic heterocycles. The molecular formula is C15H16N2O3S. The first-order valence-corrected chi connectivity index (χ1v) is 6.88. The number of carbonyl (C=O) groups is 1. The standard InChI is InChI=1S/C15H16N2O3S/c1-10(2)20-12-7-5-11(6-8-12)16-15(21)17-14(18)13-4-3-9-19-13/h3-10H,1-2H3,(H2,16,17,18,21). The van der Waals surface area contributed by atoms with E-state index < -0.39 is 5.91 Å². The first-order chi connectivity index (χ1) is 10.0. The highest BCUT2D eigenvalue weighted by molar-refractivity contribution is 7.80. The SMILES string of the molecule is CC(C)Oc1ccc(NC(=S)NC(=O)c2ccco2)cc1. The zero-order valence-electron chi connectivity index (χ0n) is 11.8. The molecule has 0 unspecified atom stereocenters. The Morgan fingerprint density at radius 3 is 2.52 bits per heavy atom. The molecule has 0 aliphatic heterocycles. The molecule has 0 aliphatic rings. The fourth-order valence-corrected chi connectivity index (χ4v) is 1.83. The molecule has 110 valence electrons. The van der Waals surface area contributed by atoms with E-state index in [1.807, 2.05) is 38.1 Å². The van der Waals surface area contributed by atoms with E-state index in [0.29, 0.717) is 0 Å². The molecular weight excluding hydrogens is 288 g/mol. The van der Waals surface area contributed by atoms with Crippen LogP contribution in [0.2, 0.25) is 0 Å². The Balaban J connectivity index is 1.89. The molecule has 0 fully saturated rings. The average molecular weight is 304 g/mol. The minimum absolute atomic E-state index is 0.123. The van der Waals surface area contributed by atoms with Gasteiger partial charge in [-0.15, -0.1) is 0 Å². The number of nitrogens with one attached hydrogen (secondary N) is 2. The average Bonchev–Trinajstić information content (AvgIpc) is 2.94. The van der Waals surface area contributed by atoms with Crippen LogP contribution in [-0.2, 0) is 0 Å². The number of benzene rings is 1. The molecule has 0 saturated heterocycles. The van der Waals surface area contributed by atoms with Gasteiger partial charge in [-0.3, -0.25) is 10.1 Å². The predicted molar refractivity (Wildman–Crippen MR) is 84.6 cm³/mol. The molecule has 1 aromatic carbocycles. The molecule has 0 saturated carbocycles. The number of amides is 1. The largest absolute Gasteiger partial charge is 0.491 e. The molecule has 0 bridgehead atoms. The van der Waals surface area contributed by atoms with Gasteiger partial charge in [-0.1, -0.05) is 0 Å². The van der Waals surface area contributed by atoms with Crippen LogP contribution in [0.5, 0.6) is 5.75 Å². The molecule has 21 heavy (non-hydrogen) atoms. The quantitative estimate of drug-likeness (QED) is 0.849. The summed E-state index contributed by atoms with van der Waals surface area (Å²) in [6, 6.07) is 10.5. The molecule has 2 N–H and O–H groups in total. The van der Waals surface area contributed by atoms with Gasteiger partial charge in [0.25, 0.3) is 5.91 Å². The molecule has 0 aliphatic carbocycles. The van der Waals surface area contributed by atoms with E-state index in [0.717, 1.165) is 11.4 Å². The lowest BCUT2D eigenvalue weighted by atomic mass is 10.3. The van der Waals surface area contributed by atoms with Crippen LogP contribution in [0.1, 0.15) is 24.4 Å². The monoisotopic (exact) mass is 304 g/mol. The van der Waals surface area contributed by atoms with Crippen molar-refractivity contribution in [2.24, 2.45) is 0 Å². The van der Waals surface area contributed by atoms with Gasteiger partial charge in [-0.25, -0.2) is 0 Å². The van der Waals surface area contributed by atoms with E-state index in [2.05, 4.69) is 10.6 Å². The van der Waals surface area contributed by atoms with E-state index >= 15 is 0 Å². The Hall–Kier alpha value is -2.34. The second kappa shape index (κ2) is 6.90. The summed E-state index contributed by atoms with van der Waals surface area (Å²) in [7, 11) is 0. The smallest absolute Gasteiger partial charge is 0.293 e. The number of anilines is 1. The maximum absolute atomic E-state index is 11.7. The lowest BCUT2D eigenvalue weighted by Crippen LogP contribution is -2.33. The van der Waals surface area contributed by atoms with E-state index in [1.54, 1.807) is 12.1 Å². The maximum atomic E-state index is 11.7. The summed E-state index contributed by atoms with van der Waals surface area (Å²) in [5, 5.41) is 5.65. The highest BCUT2D eigenvalue weighted by Gasteiger charge is 2.10. The lowest BCUT2D eigenvalue weighted by molar-refractivity contribution is 0.0950. The van der Waals surface area contributed by atoms with Gasteiger partial charge in [0, 0.05) is 5.69 Å². The van der Waals surface area contributed by atoms with Crippen LogP contribution >= 0.6 is 12.2 Å². The Kier molecular flexibility index (Phi) is 4.94. The molecule has 0 atom stereocenters. The van der Waals surface area contributed by atoms with Crippen LogP contribution in [0.15, 0.2) is 47.1 Å². The zero-order chi connectivity index (χ0) is 15.2. The van der Waals surface area contributed by atoms with Crippen LogP contribution in [0.3, 0.4) is 0 Å². The van der Waals surface area contributed by atoms with E-state index in [-0.39, 0.29) is 17.0 Å². The Bertz CT molecular complexity index is 606. The van der Waals surface area contributed by atoms with Gasteiger partial charge in [0.05, 0.1) is 12.4 Å². The molecule has 6 heteroatoms. The summed E-state index contributed by atoms with van der Waals surface area (Å²) >= 11 is 5.07. The van der Waals surface area contributed by atoms with Gasteiger partial charge in [0.15, 0.2) is 10.9 Å². The highest BCUT2D eigenvalue weighted by Crippen LogP contribution is 2.16. The third-order valence-corrected chi connectivity index (χ3v) is 2.66. The summed E-state index contributed by atoms with van der Waals surface area (Å²) in [6.07, 6.45) is 1.55. The fourth-order valence-electron chi connectivity index (χ4n) is 1.62. The van der Waals surface area contributed by atoms with Crippen LogP contribution in [0.4, 0.5) is 5.69 Å². The zero-order valence-corrected chi connectivity index (χ0v) is 12.6. The molecule has 5 nitrogen and oxygen atoms in total. The number of hydrogen-bond donors (Lipinski definition) is 2. The van der Waals surface area contributed by atoms with Crippen molar-refractivity contribution >= 4 is 28.9 Å². The van der Waals surface area contributed by atoms with Gasteiger partial charge in [0.1, 0.15) is 5.75 Å². The molecule has 0 spiro atoms. The molecule has 2 aromatic rings. The Morgan fingerprint density at radius 1 is 1.24 bits per heavy atom. The van der Waals surface area contributed by atoms with Gasteiger partial charge in [0.2, 0.25) is 0 Å². The molecule has 1 amide bonds. The third kappa shape index (κ3) is 4.61. The second-order valence-electron chi connectivity index (χ2n) is 4.58. The van der Waals surface area contributed by atoms with Crippen molar-refractivity contribution < 1.29 is 13.9 Å². The topological polar surface area (TPSA) is 63.5 Å². The summed E-state index contributed by atoms with van der Waals surface area (Å²) in [4.78, 5) is 11.7. The van der Waals surface area contributed by atoms with Gasteiger partial charge < -0.3 is 14.5 Å². The summed E-state index contributed by atoms with van der Waals surface area (Å²) < 4.78 is 10.5. The summed E-state index contributed by atoms with van der Waals surface area (Å²) in [6.45, 7) is 3.93. The number of ether oxygens (including phenoxy) is 1. The lowest BCUT2D eigenvalue weighted by Gasteiger charge is -2.11. The number of thiocarbonyl (C=S) groups is 1. The molecule has 0 radical (unpaired) electrons. The van der Waals surface area contributed by atoms with Crippen LogP contribution in [0, 0.1) is 0 Å². The number of furan rings is 1. The third-order valence-electron chi connectivity index (χ3n) is 2.46. The van der Waals surface area contributed by atoms with Crippen LogP contribution < -0.4 is 15.4 Å². The minimum Gasteiger partial charge on any atom is -0.491 e. The van der Waals surface area contributed by atoms with Gasteiger partial charge in [-0.2, -0.15) is 0 Å². The van der Waals surface area contributed by atoms with Crippen molar-refractivity contribution in [2.75, 3.05) is 5.32 Å². The maximum Gasteiger partial charge on any atom is 0.293 e. The number of carbonyl (C=O) groups excluding carboxylic acids is 1. The normalized spacial score (nSPS) is 10.2. The van der Waals surface area contributed by atoms with E-state index in [4.69, 9.17) is 21.4 Å². The summed E-state index contributed by atoms with van der Waals surface area (Å²) in [5.74, 6) is 0.596. The predicted octanol–water partition coefficient (Wildman–Crippen LogP) is 3.19. The summed E-state index contributed by atoms with van der Waals surface area (Å²) in [5.41, 5.74) is 0.760. The number of rotatable bonds is 4. The number of hydrogen-bond acceptors (Lipinski definition) is 4. The first-order valence-electron chi connectivity index (χ1n) is 6.47. The molecule has 1 heterocycles. The van der Waals surface area contributed by atoms with Crippen LogP contribution in [-0.4, -0.2) is 17.1 Å². The van der Waals surface area contributed by atoms with Crippen molar-refractivity contribution in [2.45, 2.75) is 20.0 Å². The minimum atomic E-state index is -0.391. The highest BCUT2D eigenvalue weighted by atomic mass is 32.1. The first kappa shape index (κ1) is 15.1.